The van der Waals surface area contributed by atoms with Gasteiger partial charge in [0, 0.05) is 0 Å². The normalized spacial score (nSPS) is 43.0. The van der Waals surface area contributed by atoms with Crippen LogP contribution in [0.5, 0.6) is 0 Å². The second-order valence-corrected chi connectivity index (χ2v) is 4.63. The van der Waals surface area contributed by atoms with Crippen LogP contribution in [0.2, 0.25) is 0 Å². The fourth-order valence-electron chi connectivity index (χ4n) is 2.49. The van der Waals surface area contributed by atoms with Crippen LogP contribution in [0.3, 0.4) is 0 Å². The van der Waals surface area contributed by atoms with Crippen LogP contribution >= 0.6 is 0 Å². The van der Waals surface area contributed by atoms with E-state index < -0.39 is 0 Å². The maximum absolute atomic E-state index is 10.3. The molecule has 1 aliphatic rings. The summed E-state index contributed by atoms with van der Waals surface area (Å²) in [6.45, 7) is 6.65. The molecule has 1 heteroatoms. The molecule has 1 N–H and O–H groups in total. The molecule has 0 amide bonds. The zero-order chi connectivity index (χ0) is 9.19. The van der Waals surface area contributed by atoms with E-state index >= 15 is 0 Å². The monoisotopic (exact) mass is 170 g/mol. The molecule has 3 unspecified atom stereocenters. The fraction of sp³-hybridized carbons (Fsp3) is 1.00. The first-order chi connectivity index (χ1) is 5.58. The van der Waals surface area contributed by atoms with Gasteiger partial charge in [-0.25, -0.2) is 0 Å². The van der Waals surface area contributed by atoms with E-state index in [1.807, 2.05) is 0 Å². The highest BCUT2D eigenvalue weighted by molar-refractivity contribution is 4.89. The smallest absolute Gasteiger partial charge is 0.0673 e. The summed E-state index contributed by atoms with van der Waals surface area (Å²) in [4.78, 5) is 0. The van der Waals surface area contributed by atoms with Crippen molar-refractivity contribution in [1.29, 1.82) is 0 Å². The second kappa shape index (κ2) is 3.78. The minimum Gasteiger partial charge on any atom is -0.390 e. The molecule has 0 spiro atoms. The third-order valence-electron chi connectivity index (χ3n) is 3.43. The van der Waals surface area contributed by atoms with E-state index in [0.29, 0.717) is 5.92 Å². The predicted octanol–water partition coefficient (Wildman–Crippen LogP) is 2.97. The Bertz CT molecular complexity index is 144. The molecular formula is C11H22O. The molecule has 1 rings (SSSR count). The largest absolute Gasteiger partial charge is 0.390 e. The minimum atomic E-state index is -0.332. The van der Waals surface area contributed by atoms with Gasteiger partial charge in [-0.15, -0.1) is 0 Å². The van der Waals surface area contributed by atoms with Gasteiger partial charge in [0.05, 0.1) is 5.60 Å². The summed E-state index contributed by atoms with van der Waals surface area (Å²) in [5.41, 5.74) is -0.332. The van der Waals surface area contributed by atoms with E-state index in [1.54, 1.807) is 0 Å². The van der Waals surface area contributed by atoms with E-state index in [1.165, 1.54) is 12.8 Å². The Balaban J connectivity index is 2.53. The Hall–Kier alpha value is -0.0400. The Labute approximate surface area is 76.2 Å². The number of hydrogen-bond donors (Lipinski definition) is 1. The molecular weight excluding hydrogens is 148 g/mol. The topological polar surface area (TPSA) is 20.2 Å². The SMILES string of the molecule is CCCC1(O)CCC(C)CC1C. The summed E-state index contributed by atoms with van der Waals surface area (Å²) < 4.78 is 0. The second-order valence-electron chi connectivity index (χ2n) is 4.63. The van der Waals surface area contributed by atoms with Crippen LogP contribution in [-0.2, 0) is 0 Å². The Morgan fingerprint density at radius 1 is 1.42 bits per heavy atom. The predicted molar refractivity (Wildman–Crippen MR) is 52.0 cm³/mol. The Morgan fingerprint density at radius 2 is 2.08 bits per heavy atom. The lowest BCUT2D eigenvalue weighted by Gasteiger charge is -2.40. The molecule has 12 heavy (non-hydrogen) atoms. The van der Waals surface area contributed by atoms with Crippen molar-refractivity contribution in [3.05, 3.63) is 0 Å². The highest BCUT2D eigenvalue weighted by Gasteiger charge is 2.37. The summed E-state index contributed by atoms with van der Waals surface area (Å²) in [6.07, 6.45) is 5.52. The van der Waals surface area contributed by atoms with Gasteiger partial charge in [-0.2, -0.15) is 0 Å². The molecule has 0 heterocycles. The minimum absolute atomic E-state index is 0.332. The molecule has 0 bridgehead atoms. The maximum Gasteiger partial charge on any atom is 0.0673 e. The van der Waals surface area contributed by atoms with Gasteiger partial charge in [-0.3, -0.25) is 0 Å². The average Bonchev–Trinajstić information content (AvgIpc) is 1.99. The molecule has 0 aromatic heterocycles. The number of aliphatic hydroxyl groups is 1. The molecule has 0 aromatic rings. The van der Waals surface area contributed by atoms with Crippen LogP contribution in [0.15, 0.2) is 0 Å². The first-order valence-corrected chi connectivity index (χ1v) is 5.31. The average molecular weight is 170 g/mol. The lowest BCUT2D eigenvalue weighted by molar-refractivity contribution is -0.0595. The van der Waals surface area contributed by atoms with Crippen molar-refractivity contribution in [3.8, 4) is 0 Å². The van der Waals surface area contributed by atoms with Crippen LogP contribution in [0, 0.1) is 11.8 Å². The van der Waals surface area contributed by atoms with E-state index in [0.717, 1.165) is 25.2 Å². The third-order valence-corrected chi connectivity index (χ3v) is 3.43. The highest BCUT2D eigenvalue weighted by Crippen LogP contribution is 2.39. The number of hydrogen-bond acceptors (Lipinski definition) is 1. The molecule has 1 fully saturated rings. The van der Waals surface area contributed by atoms with Gasteiger partial charge in [0.25, 0.3) is 0 Å². The quantitative estimate of drug-likeness (QED) is 0.675. The summed E-state index contributed by atoms with van der Waals surface area (Å²) in [5, 5.41) is 10.3. The fourth-order valence-corrected chi connectivity index (χ4v) is 2.49. The Kier molecular flexibility index (Phi) is 3.16. The Morgan fingerprint density at radius 3 is 2.58 bits per heavy atom. The lowest BCUT2D eigenvalue weighted by Crippen LogP contribution is -2.40. The third kappa shape index (κ3) is 2.01. The van der Waals surface area contributed by atoms with E-state index in [-0.39, 0.29) is 5.60 Å². The maximum atomic E-state index is 10.3. The van der Waals surface area contributed by atoms with Gasteiger partial charge in [-0.05, 0) is 37.5 Å². The van der Waals surface area contributed by atoms with Crippen molar-refractivity contribution in [2.45, 2.75) is 58.5 Å². The van der Waals surface area contributed by atoms with Crippen molar-refractivity contribution in [3.63, 3.8) is 0 Å². The van der Waals surface area contributed by atoms with Crippen molar-refractivity contribution < 1.29 is 5.11 Å². The number of rotatable bonds is 2. The molecule has 0 aliphatic heterocycles. The molecule has 1 saturated carbocycles. The van der Waals surface area contributed by atoms with E-state index in [9.17, 15) is 5.11 Å². The van der Waals surface area contributed by atoms with Gasteiger partial charge in [-0.1, -0.05) is 27.2 Å². The summed E-state index contributed by atoms with van der Waals surface area (Å²) in [7, 11) is 0. The van der Waals surface area contributed by atoms with Crippen molar-refractivity contribution in [2.24, 2.45) is 11.8 Å². The zero-order valence-corrected chi connectivity index (χ0v) is 8.64. The highest BCUT2D eigenvalue weighted by atomic mass is 16.3. The van der Waals surface area contributed by atoms with Gasteiger partial charge in [0.2, 0.25) is 0 Å². The molecule has 3 atom stereocenters. The van der Waals surface area contributed by atoms with Crippen molar-refractivity contribution >= 4 is 0 Å². The first-order valence-electron chi connectivity index (χ1n) is 5.31. The van der Waals surface area contributed by atoms with Gasteiger partial charge in [0.1, 0.15) is 0 Å². The molecule has 0 saturated heterocycles. The first kappa shape index (κ1) is 10.0. The molecule has 0 aromatic carbocycles. The van der Waals surface area contributed by atoms with Crippen molar-refractivity contribution in [1.82, 2.24) is 0 Å². The summed E-state index contributed by atoms with van der Waals surface area (Å²) in [6, 6.07) is 0. The van der Waals surface area contributed by atoms with Crippen LogP contribution in [0.25, 0.3) is 0 Å². The molecule has 1 nitrogen and oxygen atoms in total. The van der Waals surface area contributed by atoms with Crippen LogP contribution in [0.4, 0.5) is 0 Å². The molecule has 0 radical (unpaired) electrons. The standard InChI is InChI=1S/C11H22O/c1-4-6-11(12)7-5-9(2)8-10(11)3/h9-10,12H,4-8H2,1-3H3. The summed E-state index contributed by atoms with van der Waals surface area (Å²) >= 11 is 0. The van der Waals surface area contributed by atoms with Crippen LogP contribution in [-0.4, -0.2) is 10.7 Å². The van der Waals surface area contributed by atoms with Crippen LogP contribution in [0.1, 0.15) is 52.9 Å². The van der Waals surface area contributed by atoms with Gasteiger partial charge in [0.15, 0.2) is 0 Å². The summed E-state index contributed by atoms with van der Waals surface area (Å²) in [5.74, 6) is 1.32. The van der Waals surface area contributed by atoms with E-state index in [4.69, 9.17) is 0 Å². The molecule has 72 valence electrons. The molecule has 1 aliphatic carbocycles. The zero-order valence-electron chi connectivity index (χ0n) is 8.64. The van der Waals surface area contributed by atoms with Crippen molar-refractivity contribution in [2.75, 3.05) is 0 Å². The van der Waals surface area contributed by atoms with Gasteiger partial charge >= 0.3 is 0 Å². The lowest BCUT2D eigenvalue weighted by atomic mass is 9.70. The van der Waals surface area contributed by atoms with Crippen LogP contribution < -0.4 is 0 Å². The van der Waals surface area contributed by atoms with Gasteiger partial charge < -0.3 is 5.11 Å². The van der Waals surface area contributed by atoms with E-state index in [2.05, 4.69) is 20.8 Å².